The van der Waals surface area contributed by atoms with Gasteiger partial charge in [0.2, 0.25) is 0 Å². The van der Waals surface area contributed by atoms with Crippen LogP contribution < -0.4 is 4.74 Å². The number of aromatic nitrogens is 1. The van der Waals surface area contributed by atoms with Gasteiger partial charge in [-0.2, -0.15) is 5.26 Å². The molecule has 0 saturated carbocycles. The van der Waals surface area contributed by atoms with Crippen molar-refractivity contribution < 1.29 is 9.84 Å². The molecule has 0 saturated heterocycles. The monoisotopic (exact) mass is 412 g/mol. The molecule has 6 heteroatoms. The third kappa shape index (κ3) is 3.73. The Hall–Kier alpha value is -2.62. The summed E-state index contributed by atoms with van der Waals surface area (Å²) in [6.07, 6.45) is 1.72. The molecule has 4 nitrogen and oxygen atoms in total. The van der Waals surface area contributed by atoms with Crippen molar-refractivity contribution in [3.05, 3.63) is 62.9 Å². The van der Waals surface area contributed by atoms with Crippen LogP contribution in [0.2, 0.25) is 0 Å². The van der Waals surface area contributed by atoms with Gasteiger partial charge in [-0.3, -0.25) is 0 Å². The maximum absolute atomic E-state index is 9.89. The molecule has 2 aromatic carbocycles. The van der Waals surface area contributed by atoms with E-state index in [0.29, 0.717) is 20.8 Å². The number of phenols is 1. The van der Waals surface area contributed by atoms with Crippen molar-refractivity contribution >= 4 is 38.9 Å². The lowest BCUT2D eigenvalue weighted by atomic mass is 10.1. The van der Waals surface area contributed by atoms with Crippen LogP contribution in [-0.2, 0) is 0 Å². The summed E-state index contributed by atoms with van der Waals surface area (Å²) in [5.41, 5.74) is 3.03. The first kappa shape index (κ1) is 17.2. The number of nitriles is 1. The van der Waals surface area contributed by atoms with Gasteiger partial charge in [-0.15, -0.1) is 11.3 Å². The number of ether oxygens (including phenoxy) is 1. The van der Waals surface area contributed by atoms with Crippen molar-refractivity contribution in [2.75, 3.05) is 7.11 Å². The number of phenolic OH excluding ortho intramolecular Hbond substituents is 1. The Labute approximate surface area is 157 Å². The Morgan fingerprint density at radius 3 is 2.76 bits per heavy atom. The van der Waals surface area contributed by atoms with Crippen molar-refractivity contribution in [2.24, 2.45) is 0 Å². The minimum absolute atomic E-state index is 0.0266. The van der Waals surface area contributed by atoms with E-state index in [0.717, 1.165) is 16.8 Å². The third-order valence-electron chi connectivity index (χ3n) is 3.51. The molecule has 124 valence electrons. The molecule has 25 heavy (non-hydrogen) atoms. The molecule has 3 rings (SSSR count). The van der Waals surface area contributed by atoms with E-state index >= 15 is 0 Å². The molecule has 1 heterocycles. The van der Waals surface area contributed by atoms with Crippen LogP contribution in [0.3, 0.4) is 0 Å². The van der Waals surface area contributed by atoms with Crippen molar-refractivity contribution in [3.63, 3.8) is 0 Å². The molecule has 0 aliphatic rings. The van der Waals surface area contributed by atoms with Crippen LogP contribution in [-0.4, -0.2) is 17.2 Å². The van der Waals surface area contributed by atoms with Gasteiger partial charge in [-0.1, -0.05) is 30.3 Å². The molecule has 0 atom stereocenters. The lowest BCUT2D eigenvalue weighted by molar-refractivity contribution is 0.372. The minimum atomic E-state index is 0.0266. The average Bonchev–Trinajstić information content (AvgIpc) is 3.13. The highest BCUT2D eigenvalue weighted by molar-refractivity contribution is 9.10. The van der Waals surface area contributed by atoms with E-state index in [1.165, 1.54) is 18.4 Å². The second-order valence-corrected chi connectivity index (χ2v) is 6.84. The van der Waals surface area contributed by atoms with Crippen molar-refractivity contribution in [1.82, 2.24) is 4.98 Å². The molecule has 0 bridgehead atoms. The maximum Gasteiger partial charge on any atom is 0.172 e. The van der Waals surface area contributed by atoms with E-state index in [1.54, 1.807) is 18.2 Å². The summed E-state index contributed by atoms with van der Waals surface area (Å²) in [7, 11) is 1.48. The fourth-order valence-electron chi connectivity index (χ4n) is 2.28. The Morgan fingerprint density at radius 1 is 1.32 bits per heavy atom. The predicted molar refractivity (Wildman–Crippen MR) is 103 cm³/mol. The number of aromatic hydroxyl groups is 1. The number of rotatable bonds is 4. The van der Waals surface area contributed by atoms with Gasteiger partial charge >= 0.3 is 0 Å². The van der Waals surface area contributed by atoms with E-state index < -0.39 is 0 Å². The van der Waals surface area contributed by atoms with Crippen LogP contribution in [0.25, 0.3) is 22.9 Å². The largest absolute Gasteiger partial charge is 0.503 e. The van der Waals surface area contributed by atoms with Gasteiger partial charge in [-0.25, -0.2) is 4.98 Å². The van der Waals surface area contributed by atoms with Crippen LogP contribution in [0.15, 0.2) is 52.3 Å². The summed E-state index contributed by atoms with van der Waals surface area (Å²) in [6, 6.07) is 15.4. The summed E-state index contributed by atoms with van der Waals surface area (Å²) in [4.78, 5) is 4.57. The van der Waals surface area contributed by atoms with Crippen LogP contribution in [0.5, 0.6) is 11.5 Å². The first-order chi connectivity index (χ1) is 12.1. The topological polar surface area (TPSA) is 66.1 Å². The zero-order chi connectivity index (χ0) is 17.8. The molecule has 0 aliphatic carbocycles. The molecule has 3 aromatic rings. The summed E-state index contributed by atoms with van der Waals surface area (Å²) >= 11 is 4.70. The number of hydrogen-bond donors (Lipinski definition) is 1. The Kier molecular flexibility index (Phi) is 5.17. The fraction of sp³-hybridized carbons (Fsp3) is 0.0526. The van der Waals surface area contributed by atoms with Gasteiger partial charge in [0.05, 0.1) is 22.8 Å². The second-order valence-electron chi connectivity index (χ2n) is 5.13. The van der Waals surface area contributed by atoms with Crippen molar-refractivity contribution in [2.45, 2.75) is 0 Å². The van der Waals surface area contributed by atoms with Crippen molar-refractivity contribution in [1.29, 1.82) is 5.26 Å². The van der Waals surface area contributed by atoms with E-state index in [1.807, 2.05) is 35.7 Å². The molecule has 0 unspecified atom stereocenters. The number of thiazole rings is 1. The summed E-state index contributed by atoms with van der Waals surface area (Å²) in [5, 5.41) is 22.0. The SMILES string of the molecule is COc1cc(/C=C(\C#N)c2nc(-c3ccccc3)cs2)cc(Br)c1O. The van der Waals surface area contributed by atoms with Crippen LogP contribution in [0.1, 0.15) is 10.6 Å². The quantitative estimate of drug-likeness (QED) is 0.586. The lowest BCUT2D eigenvalue weighted by Gasteiger charge is -2.06. The molecule has 0 radical (unpaired) electrons. The van der Waals surface area contributed by atoms with Crippen LogP contribution >= 0.6 is 27.3 Å². The number of methoxy groups -OCH3 is 1. The highest BCUT2D eigenvalue weighted by Crippen LogP contribution is 2.36. The predicted octanol–water partition coefficient (Wildman–Crippen LogP) is 5.35. The highest BCUT2D eigenvalue weighted by atomic mass is 79.9. The molecular weight excluding hydrogens is 400 g/mol. The van der Waals surface area contributed by atoms with Gasteiger partial charge in [-0.05, 0) is 39.7 Å². The smallest absolute Gasteiger partial charge is 0.172 e. The number of halogens is 1. The molecule has 1 aromatic heterocycles. The number of nitrogens with zero attached hydrogens (tertiary/aromatic N) is 2. The fourth-order valence-corrected chi connectivity index (χ4v) is 3.53. The Bertz CT molecular complexity index is 975. The van der Waals surface area contributed by atoms with E-state index in [-0.39, 0.29) is 5.75 Å². The average molecular weight is 413 g/mol. The zero-order valence-electron chi connectivity index (χ0n) is 13.2. The van der Waals surface area contributed by atoms with Crippen LogP contribution in [0.4, 0.5) is 0 Å². The van der Waals surface area contributed by atoms with E-state index in [4.69, 9.17) is 4.74 Å². The number of allylic oxidation sites excluding steroid dienone is 1. The van der Waals surface area contributed by atoms with Gasteiger partial charge in [0.25, 0.3) is 0 Å². The Morgan fingerprint density at radius 2 is 2.08 bits per heavy atom. The molecule has 0 amide bonds. The number of hydrogen-bond acceptors (Lipinski definition) is 5. The maximum atomic E-state index is 9.89. The first-order valence-electron chi connectivity index (χ1n) is 7.32. The molecular formula is C19H13BrN2O2S. The molecule has 0 spiro atoms. The van der Waals surface area contributed by atoms with Gasteiger partial charge in [0, 0.05) is 10.9 Å². The molecule has 0 aliphatic heterocycles. The van der Waals surface area contributed by atoms with Gasteiger partial charge in [0.15, 0.2) is 11.5 Å². The zero-order valence-corrected chi connectivity index (χ0v) is 15.6. The molecule has 1 N–H and O–H groups in total. The minimum Gasteiger partial charge on any atom is -0.503 e. The van der Waals surface area contributed by atoms with E-state index in [2.05, 4.69) is 27.0 Å². The third-order valence-corrected chi connectivity index (χ3v) is 4.99. The highest BCUT2D eigenvalue weighted by Gasteiger charge is 2.11. The normalized spacial score (nSPS) is 11.2. The van der Waals surface area contributed by atoms with E-state index in [9.17, 15) is 10.4 Å². The number of benzene rings is 2. The first-order valence-corrected chi connectivity index (χ1v) is 8.99. The molecule has 0 fully saturated rings. The van der Waals surface area contributed by atoms with Gasteiger partial charge < -0.3 is 9.84 Å². The summed E-state index contributed by atoms with van der Waals surface area (Å²) in [5.74, 6) is 0.362. The van der Waals surface area contributed by atoms with Crippen molar-refractivity contribution in [3.8, 4) is 28.8 Å². The second kappa shape index (κ2) is 7.51. The summed E-state index contributed by atoms with van der Waals surface area (Å²) in [6.45, 7) is 0. The summed E-state index contributed by atoms with van der Waals surface area (Å²) < 4.78 is 5.64. The Balaban J connectivity index is 1.99. The van der Waals surface area contributed by atoms with Gasteiger partial charge in [0.1, 0.15) is 11.1 Å². The van der Waals surface area contributed by atoms with Crippen LogP contribution in [0, 0.1) is 11.3 Å². The standard InChI is InChI=1S/C19H13BrN2O2S/c1-24-17-9-12(8-15(20)18(17)23)7-14(10-21)19-22-16(11-25-19)13-5-3-2-4-6-13/h2-9,11,23H,1H3/b14-7+. The lowest BCUT2D eigenvalue weighted by Crippen LogP contribution is -1.87.